The maximum Gasteiger partial charge on any atom is 0.305 e. The fraction of sp³-hybridized carbons (Fsp3) is 0.385. The molecule has 0 atom stereocenters. The van der Waals surface area contributed by atoms with Gasteiger partial charge in [-0.2, -0.15) is 0 Å². The van der Waals surface area contributed by atoms with Crippen molar-refractivity contribution in [3.05, 3.63) is 29.8 Å². The molecule has 0 bridgehead atoms. The highest BCUT2D eigenvalue weighted by Crippen LogP contribution is 2.14. The van der Waals surface area contributed by atoms with Gasteiger partial charge in [-0.15, -0.1) is 0 Å². The smallest absolute Gasteiger partial charge is 0.305 e. The van der Waals surface area contributed by atoms with E-state index in [-0.39, 0.29) is 18.9 Å². The Kier molecular flexibility index (Phi) is 5.17. The zero-order valence-corrected chi connectivity index (χ0v) is 10.5. The van der Waals surface area contributed by atoms with E-state index in [1.807, 2.05) is 6.92 Å². The lowest BCUT2D eigenvalue weighted by atomic mass is 10.2. The van der Waals surface area contributed by atoms with Crippen LogP contribution in [0, 0.1) is 0 Å². The number of hydrogen-bond acceptors (Lipinski definition) is 3. The first kappa shape index (κ1) is 14.0. The monoisotopic (exact) mass is 251 g/mol. The average molecular weight is 251 g/mol. The molecule has 18 heavy (non-hydrogen) atoms. The van der Waals surface area contributed by atoms with Crippen LogP contribution in [0.5, 0.6) is 5.75 Å². The normalized spacial score (nSPS) is 9.89. The van der Waals surface area contributed by atoms with Crippen LogP contribution in [0.4, 0.5) is 0 Å². The summed E-state index contributed by atoms with van der Waals surface area (Å²) < 4.78 is 5.05. The molecule has 0 radical (unpaired) electrons. The number of carboxylic acid groups (broad SMARTS) is 1. The van der Waals surface area contributed by atoms with Gasteiger partial charge in [0.15, 0.2) is 0 Å². The number of benzene rings is 1. The maximum atomic E-state index is 12.1. The van der Waals surface area contributed by atoms with Gasteiger partial charge < -0.3 is 14.7 Å². The number of carbonyl (C=O) groups excluding carboxylic acids is 1. The van der Waals surface area contributed by atoms with Crippen LogP contribution in [0.3, 0.4) is 0 Å². The van der Waals surface area contributed by atoms with Crippen molar-refractivity contribution in [2.45, 2.75) is 13.3 Å². The van der Waals surface area contributed by atoms with Crippen LogP contribution in [0.15, 0.2) is 24.3 Å². The van der Waals surface area contributed by atoms with Crippen molar-refractivity contribution >= 4 is 11.9 Å². The molecule has 1 aromatic carbocycles. The molecule has 0 aliphatic heterocycles. The molecule has 1 amide bonds. The minimum absolute atomic E-state index is 0.0520. The third kappa shape index (κ3) is 3.76. The predicted octanol–water partition coefficient (Wildman–Crippen LogP) is 1.63. The third-order valence-electron chi connectivity index (χ3n) is 2.58. The van der Waals surface area contributed by atoms with Gasteiger partial charge in [-0.1, -0.05) is 6.07 Å². The second-order valence-electron chi connectivity index (χ2n) is 3.76. The first-order valence-electron chi connectivity index (χ1n) is 5.73. The lowest BCUT2D eigenvalue weighted by Crippen LogP contribution is -2.32. The Labute approximate surface area is 106 Å². The molecule has 1 rings (SSSR count). The molecule has 0 saturated carbocycles. The summed E-state index contributed by atoms with van der Waals surface area (Å²) in [5, 5.41) is 8.63. The number of carbonyl (C=O) groups is 2. The van der Waals surface area contributed by atoms with Gasteiger partial charge in [0.05, 0.1) is 13.5 Å². The van der Waals surface area contributed by atoms with Crippen molar-refractivity contribution in [3.63, 3.8) is 0 Å². The van der Waals surface area contributed by atoms with Gasteiger partial charge in [0.25, 0.3) is 5.91 Å². The van der Waals surface area contributed by atoms with Gasteiger partial charge in [0.2, 0.25) is 0 Å². The average Bonchev–Trinajstić information content (AvgIpc) is 2.39. The summed E-state index contributed by atoms with van der Waals surface area (Å²) in [5.41, 5.74) is 0.501. The molecular formula is C13H17NO4. The molecule has 1 aromatic rings. The standard InChI is InChI=1S/C13H17NO4/c1-3-14(8-7-12(15)16)13(17)10-5-4-6-11(9-10)18-2/h4-6,9H,3,7-8H2,1-2H3,(H,15,16). The van der Waals surface area contributed by atoms with Crippen molar-refractivity contribution < 1.29 is 19.4 Å². The molecule has 5 nitrogen and oxygen atoms in total. The largest absolute Gasteiger partial charge is 0.497 e. The summed E-state index contributed by atoms with van der Waals surface area (Å²) in [6, 6.07) is 6.82. The van der Waals surface area contributed by atoms with E-state index in [0.717, 1.165) is 0 Å². The zero-order chi connectivity index (χ0) is 13.5. The van der Waals surface area contributed by atoms with Gasteiger partial charge in [0.1, 0.15) is 5.75 Å². The molecule has 0 fully saturated rings. The Balaban J connectivity index is 2.79. The number of nitrogens with zero attached hydrogens (tertiary/aromatic N) is 1. The van der Waals surface area contributed by atoms with Crippen LogP contribution >= 0.6 is 0 Å². The lowest BCUT2D eigenvalue weighted by molar-refractivity contribution is -0.137. The summed E-state index contributed by atoms with van der Waals surface area (Å²) >= 11 is 0. The van der Waals surface area contributed by atoms with Crippen molar-refractivity contribution in [1.82, 2.24) is 4.90 Å². The van der Waals surface area contributed by atoms with Gasteiger partial charge in [-0.3, -0.25) is 9.59 Å². The minimum atomic E-state index is -0.910. The molecule has 98 valence electrons. The molecule has 0 saturated heterocycles. The van der Waals surface area contributed by atoms with Crippen molar-refractivity contribution in [3.8, 4) is 5.75 Å². The summed E-state index contributed by atoms with van der Waals surface area (Å²) in [4.78, 5) is 24.2. The van der Waals surface area contributed by atoms with Gasteiger partial charge >= 0.3 is 5.97 Å². The Bertz CT molecular complexity index is 431. The van der Waals surface area contributed by atoms with Crippen LogP contribution in [0.25, 0.3) is 0 Å². The summed E-state index contributed by atoms with van der Waals surface area (Å²) in [6.07, 6.45) is -0.0520. The highest BCUT2D eigenvalue weighted by molar-refractivity contribution is 5.94. The van der Waals surface area contributed by atoms with E-state index in [1.165, 1.54) is 12.0 Å². The van der Waals surface area contributed by atoms with E-state index in [0.29, 0.717) is 17.9 Å². The van der Waals surface area contributed by atoms with Crippen LogP contribution in [0.1, 0.15) is 23.7 Å². The van der Waals surface area contributed by atoms with E-state index in [9.17, 15) is 9.59 Å². The molecule has 0 spiro atoms. The first-order chi connectivity index (χ1) is 8.58. The maximum absolute atomic E-state index is 12.1. The van der Waals surface area contributed by atoms with E-state index < -0.39 is 5.97 Å². The van der Waals surface area contributed by atoms with Crippen LogP contribution < -0.4 is 4.74 Å². The van der Waals surface area contributed by atoms with E-state index in [1.54, 1.807) is 24.3 Å². The van der Waals surface area contributed by atoms with E-state index in [2.05, 4.69) is 0 Å². The molecule has 0 heterocycles. The highest BCUT2D eigenvalue weighted by Gasteiger charge is 2.15. The SMILES string of the molecule is CCN(CCC(=O)O)C(=O)c1cccc(OC)c1. The fourth-order valence-corrected chi connectivity index (χ4v) is 1.57. The molecule has 0 aliphatic carbocycles. The Morgan fingerprint density at radius 1 is 1.39 bits per heavy atom. The number of hydrogen-bond donors (Lipinski definition) is 1. The van der Waals surface area contributed by atoms with E-state index in [4.69, 9.17) is 9.84 Å². The van der Waals surface area contributed by atoms with Crippen molar-refractivity contribution in [2.24, 2.45) is 0 Å². The Hall–Kier alpha value is -2.04. The van der Waals surface area contributed by atoms with Gasteiger partial charge in [-0.05, 0) is 25.1 Å². The number of rotatable bonds is 6. The van der Waals surface area contributed by atoms with Crippen LogP contribution in [-0.4, -0.2) is 42.1 Å². The van der Waals surface area contributed by atoms with Gasteiger partial charge in [0, 0.05) is 18.7 Å². The van der Waals surface area contributed by atoms with Crippen molar-refractivity contribution in [1.29, 1.82) is 0 Å². The van der Waals surface area contributed by atoms with Crippen LogP contribution in [-0.2, 0) is 4.79 Å². The second kappa shape index (κ2) is 6.64. The van der Waals surface area contributed by atoms with Crippen LogP contribution in [0.2, 0.25) is 0 Å². The quantitative estimate of drug-likeness (QED) is 0.834. The number of aliphatic carboxylic acids is 1. The zero-order valence-electron chi connectivity index (χ0n) is 10.5. The van der Waals surface area contributed by atoms with E-state index >= 15 is 0 Å². The number of methoxy groups -OCH3 is 1. The minimum Gasteiger partial charge on any atom is -0.497 e. The fourth-order valence-electron chi connectivity index (χ4n) is 1.57. The molecule has 0 aliphatic rings. The predicted molar refractivity (Wildman–Crippen MR) is 66.8 cm³/mol. The summed E-state index contributed by atoms with van der Waals surface area (Å²) in [5.74, 6) is -0.486. The second-order valence-corrected chi connectivity index (χ2v) is 3.76. The number of amides is 1. The Morgan fingerprint density at radius 2 is 2.11 bits per heavy atom. The number of ether oxygens (including phenoxy) is 1. The van der Waals surface area contributed by atoms with Crippen molar-refractivity contribution in [2.75, 3.05) is 20.2 Å². The van der Waals surface area contributed by atoms with Gasteiger partial charge in [-0.25, -0.2) is 0 Å². The third-order valence-corrected chi connectivity index (χ3v) is 2.58. The molecule has 5 heteroatoms. The summed E-state index contributed by atoms with van der Waals surface area (Å²) in [7, 11) is 1.53. The Morgan fingerprint density at radius 3 is 2.67 bits per heavy atom. The topological polar surface area (TPSA) is 66.8 Å². The molecule has 1 N–H and O–H groups in total. The summed E-state index contributed by atoms with van der Waals surface area (Å²) in [6.45, 7) is 2.51. The molecular weight excluding hydrogens is 234 g/mol. The molecule has 0 unspecified atom stereocenters. The lowest BCUT2D eigenvalue weighted by Gasteiger charge is -2.20. The highest BCUT2D eigenvalue weighted by atomic mass is 16.5. The molecule has 0 aromatic heterocycles. The number of carboxylic acids is 1. The first-order valence-corrected chi connectivity index (χ1v) is 5.73.